The molecule has 3 N–H and O–H groups in total. The third-order valence-electron chi connectivity index (χ3n) is 3.06. The normalized spacial score (nSPS) is 10.1. The first-order valence-electron chi connectivity index (χ1n) is 6.37. The molecule has 0 aliphatic rings. The van der Waals surface area contributed by atoms with E-state index in [2.05, 4.69) is 5.32 Å². The molecule has 2 aromatic carbocycles. The highest BCUT2D eigenvalue weighted by atomic mass is 16.4. The lowest BCUT2D eigenvalue weighted by Gasteiger charge is -2.09. The summed E-state index contributed by atoms with van der Waals surface area (Å²) < 4.78 is 0. The number of benzene rings is 2. The van der Waals surface area contributed by atoms with E-state index in [1.165, 1.54) is 24.3 Å². The minimum Gasteiger partial charge on any atom is -0.508 e. The molecule has 0 unspecified atom stereocenters. The molecule has 0 heterocycles. The zero-order chi connectivity index (χ0) is 15.4. The van der Waals surface area contributed by atoms with E-state index < -0.39 is 5.97 Å². The van der Waals surface area contributed by atoms with Gasteiger partial charge in [0.15, 0.2) is 0 Å². The number of carbonyl (C=O) groups is 2. The number of aryl methyl sites for hydroxylation is 1. The number of phenols is 1. The van der Waals surface area contributed by atoms with E-state index in [4.69, 9.17) is 5.11 Å². The van der Waals surface area contributed by atoms with E-state index >= 15 is 0 Å². The Kier molecular flexibility index (Phi) is 4.23. The van der Waals surface area contributed by atoms with Gasteiger partial charge in [-0.3, -0.25) is 4.79 Å². The summed E-state index contributed by atoms with van der Waals surface area (Å²) in [5, 5.41) is 20.9. The fourth-order valence-corrected chi connectivity index (χ4v) is 1.88. The van der Waals surface area contributed by atoms with E-state index in [0.29, 0.717) is 5.69 Å². The number of rotatable bonds is 4. The minimum absolute atomic E-state index is 0.125. The number of carbonyl (C=O) groups excluding carboxylic acids is 1. The predicted molar refractivity (Wildman–Crippen MR) is 78.6 cm³/mol. The molecule has 0 atom stereocenters. The molecule has 0 radical (unpaired) electrons. The number of carboxylic acids is 1. The molecular formula is C16H15NO4. The Morgan fingerprint density at radius 3 is 2.38 bits per heavy atom. The van der Waals surface area contributed by atoms with Crippen LogP contribution in [0.5, 0.6) is 5.75 Å². The fourth-order valence-electron chi connectivity index (χ4n) is 1.88. The number of hydrogen-bond acceptors (Lipinski definition) is 3. The Labute approximate surface area is 121 Å². The van der Waals surface area contributed by atoms with Crippen LogP contribution in [0, 0.1) is 6.92 Å². The Morgan fingerprint density at radius 1 is 1.10 bits per heavy atom. The monoisotopic (exact) mass is 285 g/mol. The molecule has 0 aliphatic carbocycles. The fraction of sp³-hybridized carbons (Fsp3) is 0.125. The van der Waals surface area contributed by atoms with Crippen molar-refractivity contribution in [1.29, 1.82) is 0 Å². The smallest absolute Gasteiger partial charge is 0.335 e. The van der Waals surface area contributed by atoms with Crippen molar-refractivity contribution in [2.24, 2.45) is 0 Å². The van der Waals surface area contributed by atoms with Crippen molar-refractivity contribution in [1.82, 2.24) is 0 Å². The number of nitrogens with one attached hydrogen (secondary N) is 1. The van der Waals surface area contributed by atoms with Gasteiger partial charge in [-0.2, -0.15) is 0 Å². The van der Waals surface area contributed by atoms with Crippen LogP contribution in [-0.4, -0.2) is 22.1 Å². The van der Waals surface area contributed by atoms with Gasteiger partial charge in [-0.15, -0.1) is 0 Å². The van der Waals surface area contributed by atoms with E-state index in [1.807, 2.05) is 0 Å². The highest BCUT2D eigenvalue weighted by molar-refractivity contribution is 5.95. The van der Waals surface area contributed by atoms with Crippen LogP contribution >= 0.6 is 0 Å². The summed E-state index contributed by atoms with van der Waals surface area (Å²) in [6.45, 7) is 1.79. The molecule has 0 bridgehead atoms. The third kappa shape index (κ3) is 3.82. The molecule has 5 heteroatoms. The van der Waals surface area contributed by atoms with Gasteiger partial charge in [-0.25, -0.2) is 4.79 Å². The Morgan fingerprint density at radius 2 is 1.76 bits per heavy atom. The standard InChI is InChI=1S/C16H15NO4/c1-10-2-5-12(16(20)21)9-14(10)17-15(19)8-11-3-6-13(18)7-4-11/h2-7,9,18H,8H2,1H3,(H,17,19)(H,20,21). The van der Waals surface area contributed by atoms with Crippen LogP contribution < -0.4 is 5.32 Å². The second-order valence-corrected chi connectivity index (χ2v) is 4.73. The number of aromatic hydroxyl groups is 1. The van der Waals surface area contributed by atoms with Crippen molar-refractivity contribution in [3.05, 3.63) is 59.2 Å². The van der Waals surface area contributed by atoms with Gasteiger partial charge >= 0.3 is 5.97 Å². The second-order valence-electron chi connectivity index (χ2n) is 4.73. The van der Waals surface area contributed by atoms with Gasteiger partial charge in [0.1, 0.15) is 5.75 Å². The van der Waals surface area contributed by atoms with Crippen LogP contribution in [0.4, 0.5) is 5.69 Å². The number of aromatic carboxylic acids is 1. The Balaban J connectivity index is 2.10. The van der Waals surface area contributed by atoms with Gasteiger partial charge in [0.25, 0.3) is 0 Å². The molecule has 0 aliphatic heterocycles. The second kappa shape index (κ2) is 6.09. The average molecular weight is 285 g/mol. The largest absolute Gasteiger partial charge is 0.508 e. The molecule has 108 valence electrons. The molecule has 1 amide bonds. The number of hydrogen-bond donors (Lipinski definition) is 3. The van der Waals surface area contributed by atoms with Gasteiger partial charge in [-0.1, -0.05) is 18.2 Å². The molecule has 21 heavy (non-hydrogen) atoms. The van der Waals surface area contributed by atoms with Crippen molar-refractivity contribution < 1.29 is 19.8 Å². The lowest BCUT2D eigenvalue weighted by molar-refractivity contribution is -0.115. The summed E-state index contributed by atoms with van der Waals surface area (Å²) in [5.41, 5.74) is 2.16. The van der Waals surface area contributed by atoms with E-state index in [1.54, 1.807) is 25.1 Å². The number of carboxylic acid groups (broad SMARTS) is 1. The quantitative estimate of drug-likeness (QED) is 0.805. The molecule has 2 aromatic rings. The van der Waals surface area contributed by atoms with Gasteiger partial charge in [0, 0.05) is 5.69 Å². The summed E-state index contributed by atoms with van der Waals surface area (Å²) in [5.74, 6) is -1.14. The van der Waals surface area contributed by atoms with Crippen LogP contribution in [0.1, 0.15) is 21.5 Å². The van der Waals surface area contributed by atoms with Gasteiger partial charge in [0.05, 0.1) is 12.0 Å². The summed E-state index contributed by atoms with van der Waals surface area (Å²) in [7, 11) is 0. The minimum atomic E-state index is -1.04. The molecule has 0 fully saturated rings. The molecule has 0 saturated heterocycles. The number of phenolic OH excluding ortho intramolecular Hbond substituents is 1. The summed E-state index contributed by atoms with van der Waals surface area (Å²) in [6.07, 6.45) is 0.150. The van der Waals surface area contributed by atoms with Crippen LogP contribution in [0.2, 0.25) is 0 Å². The molecular weight excluding hydrogens is 270 g/mol. The van der Waals surface area contributed by atoms with Crippen LogP contribution in [-0.2, 0) is 11.2 Å². The van der Waals surface area contributed by atoms with Crippen molar-refractivity contribution >= 4 is 17.6 Å². The lowest BCUT2D eigenvalue weighted by Crippen LogP contribution is -2.15. The summed E-state index contributed by atoms with van der Waals surface area (Å²) in [6, 6.07) is 10.9. The van der Waals surface area contributed by atoms with Crippen molar-refractivity contribution in [3.63, 3.8) is 0 Å². The first kappa shape index (κ1) is 14.6. The van der Waals surface area contributed by atoms with Crippen molar-refractivity contribution in [2.45, 2.75) is 13.3 Å². The third-order valence-corrected chi connectivity index (χ3v) is 3.06. The summed E-state index contributed by atoms with van der Waals surface area (Å²) >= 11 is 0. The van der Waals surface area contributed by atoms with Gasteiger partial charge in [0.2, 0.25) is 5.91 Å². The molecule has 0 spiro atoms. The highest BCUT2D eigenvalue weighted by Crippen LogP contribution is 2.18. The van der Waals surface area contributed by atoms with E-state index in [9.17, 15) is 14.7 Å². The topological polar surface area (TPSA) is 86.6 Å². The summed E-state index contributed by atoms with van der Waals surface area (Å²) in [4.78, 5) is 22.9. The van der Waals surface area contributed by atoms with Crippen molar-refractivity contribution in [3.8, 4) is 5.75 Å². The Hall–Kier alpha value is -2.82. The predicted octanol–water partition coefficient (Wildman–Crippen LogP) is 2.58. The first-order valence-corrected chi connectivity index (χ1v) is 6.37. The molecule has 2 rings (SSSR count). The highest BCUT2D eigenvalue weighted by Gasteiger charge is 2.09. The average Bonchev–Trinajstić information content (AvgIpc) is 2.43. The number of anilines is 1. The molecule has 5 nitrogen and oxygen atoms in total. The molecule has 0 aromatic heterocycles. The maximum atomic E-state index is 12.0. The molecule has 0 saturated carbocycles. The number of amides is 1. The van der Waals surface area contributed by atoms with E-state index in [-0.39, 0.29) is 23.6 Å². The van der Waals surface area contributed by atoms with Gasteiger partial charge < -0.3 is 15.5 Å². The van der Waals surface area contributed by atoms with Gasteiger partial charge in [-0.05, 0) is 42.3 Å². The van der Waals surface area contributed by atoms with Crippen molar-refractivity contribution in [2.75, 3.05) is 5.32 Å². The zero-order valence-corrected chi connectivity index (χ0v) is 11.5. The maximum Gasteiger partial charge on any atom is 0.335 e. The van der Waals surface area contributed by atoms with Crippen LogP contribution in [0.25, 0.3) is 0 Å². The zero-order valence-electron chi connectivity index (χ0n) is 11.5. The lowest BCUT2D eigenvalue weighted by atomic mass is 10.1. The van der Waals surface area contributed by atoms with E-state index in [0.717, 1.165) is 11.1 Å². The maximum absolute atomic E-state index is 12.0. The van der Waals surface area contributed by atoms with Crippen LogP contribution in [0.3, 0.4) is 0 Å². The van der Waals surface area contributed by atoms with Crippen LogP contribution in [0.15, 0.2) is 42.5 Å². The Bertz CT molecular complexity index is 677. The first-order chi connectivity index (χ1) is 9.95. The SMILES string of the molecule is Cc1ccc(C(=O)O)cc1NC(=O)Cc1ccc(O)cc1.